The molecule has 3 heteroatoms. The van der Waals surface area contributed by atoms with Crippen LogP contribution in [0, 0.1) is 0 Å². The van der Waals surface area contributed by atoms with Crippen LogP contribution in [-0.4, -0.2) is 19.8 Å². The predicted molar refractivity (Wildman–Crippen MR) is 55.3 cm³/mol. The van der Waals surface area contributed by atoms with E-state index in [1.807, 2.05) is 12.1 Å². The van der Waals surface area contributed by atoms with E-state index >= 15 is 0 Å². The molecule has 70 valence electrons. The van der Waals surface area contributed by atoms with Crippen LogP contribution < -0.4 is 5.32 Å². The molecule has 1 saturated heterocycles. The van der Waals surface area contributed by atoms with E-state index in [0.717, 1.165) is 24.7 Å². The number of morpholine rings is 1. The molecule has 1 aromatic rings. The highest BCUT2D eigenvalue weighted by molar-refractivity contribution is 7.80. The van der Waals surface area contributed by atoms with Crippen LogP contribution in [0.25, 0.3) is 0 Å². The number of nitrogens with one attached hydrogen (secondary N) is 1. The maximum Gasteiger partial charge on any atom is 0.0662 e. The van der Waals surface area contributed by atoms with Gasteiger partial charge in [0.2, 0.25) is 0 Å². The minimum Gasteiger partial charge on any atom is -0.378 e. The predicted octanol–water partition coefficient (Wildman–Crippen LogP) is 1.64. The monoisotopic (exact) mass is 195 g/mol. The van der Waals surface area contributed by atoms with Crippen molar-refractivity contribution in [1.29, 1.82) is 0 Å². The molecule has 0 aliphatic carbocycles. The maximum absolute atomic E-state index is 5.39. The molecule has 1 heterocycles. The van der Waals surface area contributed by atoms with Gasteiger partial charge in [0, 0.05) is 11.4 Å². The van der Waals surface area contributed by atoms with E-state index in [9.17, 15) is 0 Å². The van der Waals surface area contributed by atoms with Crippen molar-refractivity contribution in [2.75, 3.05) is 19.8 Å². The molecular weight excluding hydrogens is 182 g/mol. The van der Waals surface area contributed by atoms with Crippen molar-refractivity contribution in [3.8, 4) is 0 Å². The van der Waals surface area contributed by atoms with E-state index in [4.69, 9.17) is 4.74 Å². The van der Waals surface area contributed by atoms with Gasteiger partial charge in [0.05, 0.1) is 19.3 Å². The summed E-state index contributed by atoms with van der Waals surface area (Å²) < 4.78 is 5.39. The van der Waals surface area contributed by atoms with Gasteiger partial charge < -0.3 is 10.1 Å². The molecule has 0 radical (unpaired) electrons. The lowest BCUT2D eigenvalue weighted by Crippen LogP contribution is -2.34. The Labute approximate surface area is 83.7 Å². The Morgan fingerprint density at radius 3 is 3.08 bits per heavy atom. The molecule has 0 bridgehead atoms. The minimum absolute atomic E-state index is 0.334. The molecular formula is C10H13NOS. The highest BCUT2D eigenvalue weighted by atomic mass is 32.1. The molecule has 1 unspecified atom stereocenters. The number of benzene rings is 1. The average Bonchev–Trinajstić information content (AvgIpc) is 2.19. The van der Waals surface area contributed by atoms with Gasteiger partial charge in [-0.2, -0.15) is 0 Å². The molecule has 2 rings (SSSR count). The summed E-state index contributed by atoms with van der Waals surface area (Å²) >= 11 is 4.31. The molecule has 0 aromatic heterocycles. The molecule has 2 nitrogen and oxygen atoms in total. The van der Waals surface area contributed by atoms with Crippen LogP contribution in [0.15, 0.2) is 29.2 Å². The molecule has 0 amide bonds. The summed E-state index contributed by atoms with van der Waals surface area (Å²) in [5, 5.41) is 3.40. The highest BCUT2D eigenvalue weighted by Gasteiger charge is 2.14. The van der Waals surface area contributed by atoms with Crippen molar-refractivity contribution >= 4 is 12.6 Å². The zero-order chi connectivity index (χ0) is 9.10. The second-order valence-corrected chi connectivity index (χ2v) is 3.69. The Kier molecular flexibility index (Phi) is 2.88. The lowest BCUT2D eigenvalue weighted by atomic mass is 10.1. The summed E-state index contributed by atoms with van der Waals surface area (Å²) in [7, 11) is 0. The molecule has 1 N–H and O–H groups in total. The lowest BCUT2D eigenvalue weighted by molar-refractivity contribution is 0.0768. The third kappa shape index (κ3) is 2.24. The van der Waals surface area contributed by atoms with Gasteiger partial charge in [-0.25, -0.2) is 0 Å². The Bertz CT molecular complexity index is 284. The van der Waals surface area contributed by atoms with Crippen LogP contribution >= 0.6 is 12.6 Å². The van der Waals surface area contributed by atoms with Gasteiger partial charge >= 0.3 is 0 Å². The van der Waals surface area contributed by atoms with Gasteiger partial charge in [-0.05, 0) is 17.7 Å². The molecule has 13 heavy (non-hydrogen) atoms. The third-order valence-electron chi connectivity index (χ3n) is 2.19. The first-order valence-corrected chi connectivity index (χ1v) is 4.91. The SMILES string of the molecule is Sc1cccc(C2COCCN2)c1. The van der Waals surface area contributed by atoms with Gasteiger partial charge in [-0.15, -0.1) is 12.6 Å². The fraction of sp³-hybridized carbons (Fsp3) is 0.400. The van der Waals surface area contributed by atoms with Gasteiger partial charge in [-0.1, -0.05) is 12.1 Å². The Balaban J connectivity index is 2.14. The van der Waals surface area contributed by atoms with Crippen LogP contribution in [0.1, 0.15) is 11.6 Å². The fourth-order valence-corrected chi connectivity index (χ4v) is 1.76. The first-order valence-electron chi connectivity index (χ1n) is 4.46. The summed E-state index contributed by atoms with van der Waals surface area (Å²) in [4.78, 5) is 1.00. The summed E-state index contributed by atoms with van der Waals surface area (Å²) in [6.45, 7) is 2.51. The number of hydrogen-bond donors (Lipinski definition) is 2. The molecule has 1 aliphatic rings. The first-order chi connectivity index (χ1) is 6.36. The van der Waals surface area contributed by atoms with Crippen molar-refractivity contribution in [2.24, 2.45) is 0 Å². The van der Waals surface area contributed by atoms with E-state index in [1.54, 1.807) is 0 Å². The molecule has 1 aromatic carbocycles. The van der Waals surface area contributed by atoms with Crippen LogP contribution in [0.3, 0.4) is 0 Å². The van der Waals surface area contributed by atoms with E-state index in [2.05, 4.69) is 30.1 Å². The van der Waals surface area contributed by atoms with Gasteiger partial charge in [0.1, 0.15) is 0 Å². The normalized spacial score (nSPS) is 23.0. The lowest BCUT2D eigenvalue weighted by Gasteiger charge is -2.24. The molecule has 0 saturated carbocycles. The van der Waals surface area contributed by atoms with Gasteiger partial charge in [-0.3, -0.25) is 0 Å². The van der Waals surface area contributed by atoms with Crippen LogP contribution in [-0.2, 0) is 4.74 Å². The quantitative estimate of drug-likeness (QED) is 0.665. The third-order valence-corrected chi connectivity index (χ3v) is 2.47. The Hall–Kier alpha value is -0.510. The smallest absolute Gasteiger partial charge is 0.0662 e. The van der Waals surface area contributed by atoms with Crippen molar-refractivity contribution < 1.29 is 4.74 Å². The minimum atomic E-state index is 0.334. The van der Waals surface area contributed by atoms with Crippen LogP contribution in [0.5, 0.6) is 0 Å². The second-order valence-electron chi connectivity index (χ2n) is 3.18. The Morgan fingerprint density at radius 1 is 1.46 bits per heavy atom. The number of hydrogen-bond acceptors (Lipinski definition) is 3. The van der Waals surface area contributed by atoms with Crippen molar-refractivity contribution in [1.82, 2.24) is 5.32 Å². The fourth-order valence-electron chi connectivity index (χ4n) is 1.52. The Morgan fingerprint density at radius 2 is 2.38 bits per heavy atom. The van der Waals surface area contributed by atoms with Gasteiger partial charge in [0.15, 0.2) is 0 Å². The van der Waals surface area contributed by atoms with Gasteiger partial charge in [0.25, 0.3) is 0 Å². The maximum atomic E-state index is 5.39. The first kappa shape index (κ1) is 9.06. The van der Waals surface area contributed by atoms with E-state index in [1.165, 1.54) is 5.56 Å². The summed E-state index contributed by atoms with van der Waals surface area (Å²) in [5.41, 5.74) is 1.26. The topological polar surface area (TPSA) is 21.3 Å². The van der Waals surface area contributed by atoms with E-state index in [0.29, 0.717) is 6.04 Å². The van der Waals surface area contributed by atoms with Crippen molar-refractivity contribution in [3.05, 3.63) is 29.8 Å². The molecule has 0 spiro atoms. The van der Waals surface area contributed by atoms with E-state index in [-0.39, 0.29) is 0 Å². The summed E-state index contributed by atoms with van der Waals surface area (Å²) in [6.07, 6.45) is 0. The van der Waals surface area contributed by atoms with Crippen molar-refractivity contribution in [3.63, 3.8) is 0 Å². The number of ether oxygens (including phenoxy) is 1. The zero-order valence-electron chi connectivity index (χ0n) is 7.36. The van der Waals surface area contributed by atoms with Crippen LogP contribution in [0.2, 0.25) is 0 Å². The molecule has 1 atom stereocenters. The largest absolute Gasteiger partial charge is 0.378 e. The van der Waals surface area contributed by atoms with Crippen molar-refractivity contribution in [2.45, 2.75) is 10.9 Å². The number of thiol groups is 1. The van der Waals surface area contributed by atoms with Crippen LogP contribution in [0.4, 0.5) is 0 Å². The number of rotatable bonds is 1. The molecule has 1 fully saturated rings. The standard InChI is InChI=1S/C10H13NOS/c13-9-3-1-2-8(6-9)10-7-12-5-4-11-10/h1-3,6,10-11,13H,4-5,7H2. The van der Waals surface area contributed by atoms with E-state index < -0.39 is 0 Å². The summed E-state index contributed by atoms with van der Waals surface area (Å²) in [5.74, 6) is 0. The summed E-state index contributed by atoms with van der Waals surface area (Å²) in [6, 6.07) is 8.52. The second kappa shape index (κ2) is 4.13. The molecule has 1 aliphatic heterocycles. The zero-order valence-corrected chi connectivity index (χ0v) is 8.26. The average molecular weight is 195 g/mol. The highest BCUT2D eigenvalue weighted by Crippen LogP contribution is 2.18.